The van der Waals surface area contributed by atoms with E-state index in [1.807, 2.05) is 0 Å². The zero-order valence-electron chi connectivity index (χ0n) is 3.93. The molecular formula is BCl4F4Rh-. The molecule has 0 N–H and O–H groups in total. The summed E-state index contributed by atoms with van der Waals surface area (Å²) in [5, 5.41) is 0. The van der Waals surface area contributed by atoms with Gasteiger partial charge in [-0.15, -0.1) is 0 Å². The Hall–Kier alpha value is 1.57. The zero-order valence-corrected chi connectivity index (χ0v) is 8.60. The first kappa shape index (κ1) is 14.1. The van der Waals surface area contributed by atoms with Gasteiger partial charge in [0.05, 0.1) is 0 Å². The van der Waals surface area contributed by atoms with E-state index in [1.54, 1.807) is 0 Å². The van der Waals surface area contributed by atoms with Crippen LogP contribution in [0.1, 0.15) is 0 Å². The van der Waals surface area contributed by atoms with Crippen LogP contribution in [0.2, 0.25) is 0 Å². The van der Waals surface area contributed by atoms with Gasteiger partial charge in [-0.05, 0) is 0 Å². The van der Waals surface area contributed by atoms with Crippen molar-refractivity contribution in [2.75, 3.05) is 0 Å². The quantitative estimate of drug-likeness (QED) is 0.464. The third-order valence-corrected chi connectivity index (χ3v) is 0. The Bertz CT molecular complexity index is 60.2. The van der Waals surface area contributed by atoms with Crippen molar-refractivity contribution in [3.05, 3.63) is 0 Å². The maximum atomic E-state index is 9.75. The van der Waals surface area contributed by atoms with Gasteiger partial charge in [0.25, 0.3) is 0 Å². The molecule has 0 aliphatic rings. The summed E-state index contributed by atoms with van der Waals surface area (Å²) in [6, 6.07) is 0. The number of hydrogen-bond donors (Lipinski definition) is 0. The SMILES string of the molecule is F[B-](F)(F)F.[Cl][Rh]([Cl])([Cl])[Cl]. The Balaban J connectivity index is 0. The molecule has 69 valence electrons. The maximum absolute atomic E-state index is 9.75. The van der Waals surface area contributed by atoms with Crippen LogP contribution in [-0.2, 0) is 10.8 Å². The molecule has 0 fully saturated rings. The fraction of sp³-hybridized carbons (Fsp3) is 0. The van der Waals surface area contributed by atoms with Crippen molar-refractivity contribution in [1.82, 2.24) is 0 Å². The summed E-state index contributed by atoms with van der Waals surface area (Å²) in [5.41, 5.74) is 0. The van der Waals surface area contributed by atoms with Gasteiger partial charge in [-0.3, -0.25) is 0 Å². The van der Waals surface area contributed by atoms with E-state index in [4.69, 9.17) is 38.8 Å². The van der Waals surface area contributed by atoms with Gasteiger partial charge in [0.2, 0.25) is 0 Å². The Morgan fingerprint density at radius 1 is 0.800 bits per heavy atom. The van der Waals surface area contributed by atoms with Crippen molar-refractivity contribution < 1.29 is 28.1 Å². The molecule has 0 saturated carbocycles. The predicted molar refractivity (Wildman–Crippen MR) is 33.6 cm³/mol. The first-order valence-corrected chi connectivity index (χ1v) is 9.82. The zero-order chi connectivity index (χ0) is 9.00. The molecule has 0 heterocycles. The van der Waals surface area contributed by atoms with Crippen LogP contribution in [0.5, 0.6) is 0 Å². The molecule has 0 atom stereocenters. The molecule has 0 bridgehead atoms. The van der Waals surface area contributed by atoms with Gasteiger partial charge in [-0.1, -0.05) is 0 Å². The van der Waals surface area contributed by atoms with E-state index in [0.717, 1.165) is 0 Å². The molecule has 0 saturated heterocycles. The topological polar surface area (TPSA) is 0 Å². The van der Waals surface area contributed by atoms with Gasteiger partial charge in [0.15, 0.2) is 0 Å². The van der Waals surface area contributed by atoms with Gasteiger partial charge < -0.3 is 17.3 Å². The Kier molecular flexibility index (Phi) is 7.42. The summed E-state index contributed by atoms with van der Waals surface area (Å²) in [6.45, 7) is 0. The van der Waals surface area contributed by atoms with Crippen molar-refractivity contribution in [1.29, 1.82) is 0 Å². The standard InChI is InChI=1S/BF4.4ClH.Rh/c2-1(3,4)5;;;;;/h;4*1H;/q-1;;;;;+4/p-4. The van der Waals surface area contributed by atoms with Crippen molar-refractivity contribution >= 4 is 46.0 Å². The van der Waals surface area contributed by atoms with Gasteiger partial charge >= 0.3 is 56.8 Å². The van der Waals surface area contributed by atoms with Crippen molar-refractivity contribution in [2.24, 2.45) is 0 Å². The van der Waals surface area contributed by atoms with E-state index in [0.29, 0.717) is 0 Å². The monoisotopic (exact) mass is 330 g/mol. The van der Waals surface area contributed by atoms with Crippen LogP contribution in [-0.4, -0.2) is 7.25 Å². The van der Waals surface area contributed by atoms with Gasteiger partial charge in [-0.2, -0.15) is 0 Å². The molecule has 0 aliphatic heterocycles. The second kappa shape index (κ2) is 5.26. The number of rotatable bonds is 0. The molecule has 0 aromatic heterocycles. The van der Waals surface area contributed by atoms with Crippen molar-refractivity contribution in [2.45, 2.75) is 0 Å². The summed E-state index contributed by atoms with van der Waals surface area (Å²) < 4.78 is 39.0. The van der Waals surface area contributed by atoms with Crippen LogP contribution in [0.4, 0.5) is 17.3 Å². The van der Waals surface area contributed by atoms with E-state index in [1.165, 1.54) is 0 Å². The second-order valence-corrected chi connectivity index (χ2v) is 15.7. The van der Waals surface area contributed by atoms with Crippen molar-refractivity contribution in [3.63, 3.8) is 0 Å². The fourth-order valence-electron chi connectivity index (χ4n) is 0. The Labute approximate surface area is 73.9 Å². The van der Waals surface area contributed by atoms with E-state index in [9.17, 15) is 17.3 Å². The number of halogens is 8. The first-order valence-electron chi connectivity index (χ1n) is 1.38. The Morgan fingerprint density at radius 2 is 0.800 bits per heavy atom. The van der Waals surface area contributed by atoms with Gasteiger partial charge in [-0.25, -0.2) is 0 Å². The molecule has 10 heteroatoms. The molecule has 0 spiro atoms. The van der Waals surface area contributed by atoms with Crippen LogP contribution >= 0.6 is 38.8 Å². The van der Waals surface area contributed by atoms with Crippen LogP contribution in [0, 0.1) is 0 Å². The van der Waals surface area contributed by atoms with Gasteiger partial charge in [0.1, 0.15) is 0 Å². The van der Waals surface area contributed by atoms with Crippen LogP contribution in [0.15, 0.2) is 0 Å². The summed E-state index contributed by atoms with van der Waals surface area (Å²) in [5.74, 6) is 0. The van der Waals surface area contributed by atoms with E-state index in [2.05, 4.69) is 0 Å². The second-order valence-electron chi connectivity index (χ2n) is 0.781. The minimum atomic E-state index is -6.00. The third-order valence-electron chi connectivity index (χ3n) is 0. The number of hydrogen-bond acceptors (Lipinski definition) is 0. The average Bonchev–Trinajstić information content (AvgIpc) is 1.12. The minimum absolute atomic E-state index is 2.89. The third kappa shape index (κ3) is 286. The fourth-order valence-corrected chi connectivity index (χ4v) is 0. The normalized spacial score (nSPS) is 13.6. The first-order chi connectivity index (χ1) is 4.00. The average molecular weight is 332 g/mol. The molecule has 0 unspecified atom stereocenters. The van der Waals surface area contributed by atoms with E-state index >= 15 is 0 Å². The molecule has 0 radical (unpaired) electrons. The van der Waals surface area contributed by atoms with Gasteiger partial charge in [0, 0.05) is 0 Å². The summed E-state index contributed by atoms with van der Waals surface area (Å²) in [6.07, 6.45) is 0. The van der Waals surface area contributed by atoms with E-state index in [-0.39, 0.29) is 0 Å². The molecule has 0 aromatic rings. The predicted octanol–water partition coefficient (Wildman–Crippen LogP) is 4.06. The van der Waals surface area contributed by atoms with Crippen LogP contribution in [0.3, 0.4) is 0 Å². The molecule has 0 nitrogen and oxygen atoms in total. The molecule has 10 heavy (non-hydrogen) atoms. The molecule has 0 amide bonds. The Morgan fingerprint density at radius 3 is 0.800 bits per heavy atom. The van der Waals surface area contributed by atoms with Crippen molar-refractivity contribution in [3.8, 4) is 0 Å². The van der Waals surface area contributed by atoms with Crippen LogP contribution in [0.25, 0.3) is 0 Å². The van der Waals surface area contributed by atoms with E-state index < -0.39 is 18.1 Å². The molecule has 0 rings (SSSR count). The summed E-state index contributed by atoms with van der Waals surface area (Å²) in [7, 11) is 11.1. The molecule has 0 aliphatic carbocycles. The summed E-state index contributed by atoms with van der Waals surface area (Å²) >= 11 is 0. The molecule has 0 aromatic carbocycles. The summed E-state index contributed by atoms with van der Waals surface area (Å²) in [4.78, 5) is 0. The van der Waals surface area contributed by atoms with Crippen LogP contribution < -0.4 is 0 Å². The molecular weight excluding hydrogens is 332 g/mol.